The van der Waals surface area contributed by atoms with Crippen LogP contribution in [0, 0.1) is 0 Å². The maximum Gasteiger partial charge on any atom is 0.255 e. The predicted octanol–water partition coefficient (Wildman–Crippen LogP) is 4.97. The summed E-state index contributed by atoms with van der Waals surface area (Å²) in [4.78, 5) is 14.4. The predicted molar refractivity (Wildman–Crippen MR) is 85.3 cm³/mol. The second-order valence-electron chi connectivity index (χ2n) is 4.28. The van der Waals surface area contributed by atoms with Gasteiger partial charge in [0.05, 0.1) is 10.6 Å². The van der Waals surface area contributed by atoms with Crippen LogP contribution in [0.5, 0.6) is 0 Å². The van der Waals surface area contributed by atoms with E-state index in [1.807, 2.05) is 11.0 Å². The van der Waals surface area contributed by atoms with Gasteiger partial charge >= 0.3 is 0 Å². The highest BCUT2D eigenvalue weighted by Crippen LogP contribution is 2.24. The Balaban J connectivity index is 3.08. The zero-order valence-electron chi connectivity index (χ0n) is 11.1. The number of benzene rings is 1. The largest absolute Gasteiger partial charge is 0.334 e. The molecule has 106 valence electrons. The van der Waals surface area contributed by atoms with Crippen molar-refractivity contribution >= 4 is 45.0 Å². The molecule has 1 amide bonds. The summed E-state index contributed by atoms with van der Waals surface area (Å²) in [5.41, 5.74) is 0.521. The molecular formula is C14H18BrCl2NO. The van der Waals surface area contributed by atoms with Crippen molar-refractivity contribution in [3.63, 3.8) is 0 Å². The van der Waals surface area contributed by atoms with E-state index in [2.05, 4.69) is 29.8 Å². The zero-order valence-corrected chi connectivity index (χ0v) is 14.2. The van der Waals surface area contributed by atoms with E-state index in [4.69, 9.17) is 23.2 Å². The quantitative estimate of drug-likeness (QED) is 0.650. The van der Waals surface area contributed by atoms with E-state index in [0.717, 1.165) is 17.3 Å². The molecule has 0 saturated carbocycles. The van der Waals surface area contributed by atoms with E-state index in [0.29, 0.717) is 23.0 Å². The SMILES string of the molecule is CCC(CC)N(CCCl)C(=O)c1cc(Br)ccc1Cl. The fourth-order valence-corrected chi connectivity index (χ4v) is 2.83. The summed E-state index contributed by atoms with van der Waals surface area (Å²) in [7, 11) is 0. The van der Waals surface area contributed by atoms with E-state index >= 15 is 0 Å². The Morgan fingerprint density at radius 3 is 2.53 bits per heavy atom. The summed E-state index contributed by atoms with van der Waals surface area (Å²) in [6.45, 7) is 4.69. The average molecular weight is 367 g/mol. The third-order valence-electron chi connectivity index (χ3n) is 3.13. The van der Waals surface area contributed by atoms with Crippen molar-refractivity contribution in [2.75, 3.05) is 12.4 Å². The van der Waals surface area contributed by atoms with Crippen LogP contribution in [0.15, 0.2) is 22.7 Å². The molecule has 0 radical (unpaired) electrons. The lowest BCUT2D eigenvalue weighted by Crippen LogP contribution is -2.41. The standard InChI is InChI=1S/C14H18BrCl2NO/c1-3-11(4-2)18(8-7-16)14(19)12-9-10(15)5-6-13(12)17/h5-6,9,11H,3-4,7-8H2,1-2H3. The van der Waals surface area contributed by atoms with E-state index in [-0.39, 0.29) is 11.9 Å². The van der Waals surface area contributed by atoms with Crippen LogP contribution in [-0.4, -0.2) is 29.3 Å². The van der Waals surface area contributed by atoms with E-state index < -0.39 is 0 Å². The van der Waals surface area contributed by atoms with Crippen LogP contribution < -0.4 is 0 Å². The molecule has 0 fully saturated rings. The number of carbonyl (C=O) groups excluding carboxylic acids is 1. The Kier molecular flexibility index (Phi) is 7.19. The molecule has 2 nitrogen and oxygen atoms in total. The molecule has 0 heterocycles. The lowest BCUT2D eigenvalue weighted by molar-refractivity contribution is 0.0682. The number of hydrogen-bond acceptors (Lipinski definition) is 1. The molecule has 1 aromatic carbocycles. The van der Waals surface area contributed by atoms with Gasteiger partial charge in [0.15, 0.2) is 0 Å². The van der Waals surface area contributed by atoms with Crippen LogP contribution in [0.2, 0.25) is 5.02 Å². The van der Waals surface area contributed by atoms with Gasteiger partial charge in [-0.05, 0) is 31.0 Å². The molecule has 1 rings (SSSR count). The molecule has 0 aromatic heterocycles. The van der Waals surface area contributed by atoms with Gasteiger partial charge in [-0.15, -0.1) is 11.6 Å². The Morgan fingerprint density at radius 1 is 1.37 bits per heavy atom. The number of alkyl halides is 1. The van der Waals surface area contributed by atoms with Crippen LogP contribution >= 0.6 is 39.1 Å². The van der Waals surface area contributed by atoms with Gasteiger partial charge in [0, 0.05) is 22.9 Å². The van der Waals surface area contributed by atoms with Gasteiger partial charge in [-0.1, -0.05) is 41.4 Å². The summed E-state index contributed by atoms with van der Waals surface area (Å²) in [5, 5.41) is 0.471. The number of amides is 1. The molecule has 0 unspecified atom stereocenters. The molecular weight excluding hydrogens is 349 g/mol. The second kappa shape index (κ2) is 8.13. The highest BCUT2D eigenvalue weighted by Gasteiger charge is 2.23. The van der Waals surface area contributed by atoms with Gasteiger partial charge in [0.25, 0.3) is 5.91 Å². The van der Waals surface area contributed by atoms with Crippen LogP contribution in [-0.2, 0) is 0 Å². The maximum absolute atomic E-state index is 12.6. The normalized spacial score (nSPS) is 10.8. The second-order valence-corrected chi connectivity index (χ2v) is 5.98. The van der Waals surface area contributed by atoms with Crippen molar-refractivity contribution in [1.29, 1.82) is 0 Å². The Morgan fingerprint density at radius 2 is 2.00 bits per heavy atom. The summed E-state index contributed by atoms with van der Waals surface area (Å²) >= 11 is 15.3. The number of carbonyl (C=O) groups is 1. The topological polar surface area (TPSA) is 20.3 Å². The fraction of sp³-hybridized carbons (Fsp3) is 0.500. The van der Waals surface area contributed by atoms with E-state index in [1.165, 1.54) is 0 Å². The molecule has 19 heavy (non-hydrogen) atoms. The third kappa shape index (κ3) is 4.37. The minimum atomic E-state index is -0.0550. The highest BCUT2D eigenvalue weighted by molar-refractivity contribution is 9.10. The molecule has 0 saturated heterocycles. The maximum atomic E-state index is 12.6. The molecule has 5 heteroatoms. The Labute approximate surface area is 133 Å². The minimum absolute atomic E-state index is 0.0550. The van der Waals surface area contributed by atoms with Gasteiger partial charge in [-0.25, -0.2) is 0 Å². The fourth-order valence-electron chi connectivity index (χ4n) is 2.09. The first kappa shape index (κ1) is 16.8. The summed E-state index contributed by atoms with van der Waals surface area (Å²) in [6.07, 6.45) is 1.81. The van der Waals surface area contributed by atoms with Gasteiger partial charge < -0.3 is 4.90 Å². The first-order valence-corrected chi connectivity index (χ1v) is 8.07. The van der Waals surface area contributed by atoms with Crippen molar-refractivity contribution in [2.45, 2.75) is 32.7 Å². The average Bonchev–Trinajstić information content (AvgIpc) is 2.41. The lowest BCUT2D eigenvalue weighted by Gasteiger charge is -2.30. The van der Waals surface area contributed by atoms with Crippen LogP contribution in [0.25, 0.3) is 0 Å². The van der Waals surface area contributed by atoms with Gasteiger partial charge in [-0.3, -0.25) is 4.79 Å². The zero-order chi connectivity index (χ0) is 14.4. The highest BCUT2D eigenvalue weighted by atomic mass is 79.9. The van der Waals surface area contributed by atoms with Crippen LogP contribution in [0.3, 0.4) is 0 Å². The smallest absolute Gasteiger partial charge is 0.255 e. The van der Waals surface area contributed by atoms with Crippen molar-refractivity contribution in [3.05, 3.63) is 33.3 Å². The molecule has 0 N–H and O–H groups in total. The number of nitrogens with zero attached hydrogens (tertiary/aromatic N) is 1. The number of hydrogen-bond donors (Lipinski definition) is 0. The number of halogens is 3. The Hall–Kier alpha value is -0.250. The van der Waals surface area contributed by atoms with Crippen molar-refractivity contribution in [1.82, 2.24) is 4.90 Å². The molecule has 0 bridgehead atoms. The summed E-state index contributed by atoms with van der Waals surface area (Å²) in [5.74, 6) is 0.370. The van der Waals surface area contributed by atoms with E-state index in [1.54, 1.807) is 12.1 Å². The van der Waals surface area contributed by atoms with E-state index in [9.17, 15) is 4.79 Å². The van der Waals surface area contributed by atoms with Crippen molar-refractivity contribution in [3.8, 4) is 0 Å². The molecule has 0 aliphatic rings. The van der Waals surface area contributed by atoms with Crippen molar-refractivity contribution in [2.24, 2.45) is 0 Å². The lowest BCUT2D eigenvalue weighted by atomic mass is 10.1. The molecule has 1 aromatic rings. The van der Waals surface area contributed by atoms with Crippen LogP contribution in [0.1, 0.15) is 37.0 Å². The molecule has 0 aliphatic carbocycles. The van der Waals surface area contributed by atoms with Crippen LogP contribution in [0.4, 0.5) is 0 Å². The molecule has 0 aliphatic heterocycles. The number of rotatable bonds is 6. The molecule has 0 spiro atoms. The van der Waals surface area contributed by atoms with Gasteiger partial charge in [0.2, 0.25) is 0 Å². The first-order chi connectivity index (χ1) is 9.04. The van der Waals surface area contributed by atoms with Gasteiger partial charge in [0.1, 0.15) is 0 Å². The summed E-state index contributed by atoms with van der Waals surface area (Å²) in [6, 6.07) is 5.50. The third-order valence-corrected chi connectivity index (χ3v) is 4.12. The van der Waals surface area contributed by atoms with Gasteiger partial charge in [-0.2, -0.15) is 0 Å². The summed E-state index contributed by atoms with van der Waals surface area (Å²) < 4.78 is 0.843. The van der Waals surface area contributed by atoms with Crippen molar-refractivity contribution < 1.29 is 4.79 Å². The minimum Gasteiger partial charge on any atom is -0.334 e. The first-order valence-electron chi connectivity index (χ1n) is 6.37. The monoisotopic (exact) mass is 365 g/mol. The molecule has 0 atom stereocenters. The Bertz CT molecular complexity index is 435.